The number of hydrogen-bond donors (Lipinski definition) is 1. The Morgan fingerprint density at radius 2 is 1.65 bits per heavy atom. The molecule has 3 aromatic carbocycles. The highest BCUT2D eigenvalue weighted by atomic mass is 16.1. The van der Waals surface area contributed by atoms with E-state index in [-0.39, 0.29) is 5.91 Å². The number of nitrogens with zero attached hydrogens (tertiary/aromatic N) is 2. The van der Waals surface area contributed by atoms with E-state index in [1.807, 2.05) is 48.7 Å². The fourth-order valence-corrected chi connectivity index (χ4v) is 2.97. The maximum Gasteiger partial charge on any atom is 0.224 e. The van der Waals surface area contributed by atoms with Crippen molar-refractivity contribution in [3.63, 3.8) is 0 Å². The zero-order valence-electron chi connectivity index (χ0n) is 14.3. The van der Waals surface area contributed by atoms with Crippen LogP contribution in [0.1, 0.15) is 11.1 Å². The first kappa shape index (κ1) is 16.1. The Hall–Kier alpha value is -3.40. The van der Waals surface area contributed by atoms with Crippen LogP contribution in [0.25, 0.3) is 16.5 Å². The molecule has 0 spiro atoms. The van der Waals surface area contributed by atoms with E-state index >= 15 is 0 Å². The van der Waals surface area contributed by atoms with Gasteiger partial charge in [0.25, 0.3) is 0 Å². The van der Waals surface area contributed by atoms with Crippen LogP contribution in [0.5, 0.6) is 0 Å². The molecule has 0 fully saturated rings. The molecule has 0 unspecified atom stereocenters. The summed E-state index contributed by atoms with van der Waals surface area (Å²) in [5.41, 5.74) is 2.97. The van der Waals surface area contributed by atoms with E-state index in [2.05, 4.69) is 40.7 Å². The number of aromatic nitrogens is 2. The van der Waals surface area contributed by atoms with Gasteiger partial charge >= 0.3 is 0 Å². The molecule has 128 valence electrons. The van der Waals surface area contributed by atoms with Gasteiger partial charge in [-0.15, -0.1) is 0 Å². The Kier molecular flexibility index (Phi) is 4.48. The molecule has 1 heterocycles. The summed E-state index contributed by atoms with van der Waals surface area (Å²) < 4.78 is 1.78. The Balaban J connectivity index is 1.37. The number of rotatable bonds is 5. The third-order valence-corrected chi connectivity index (χ3v) is 4.33. The zero-order valence-corrected chi connectivity index (χ0v) is 14.3. The van der Waals surface area contributed by atoms with Gasteiger partial charge in [0.15, 0.2) is 0 Å². The predicted molar refractivity (Wildman–Crippen MR) is 103 cm³/mol. The maximum atomic E-state index is 12.2. The molecule has 1 N–H and O–H groups in total. The van der Waals surface area contributed by atoms with Gasteiger partial charge in [0.05, 0.1) is 18.3 Å². The molecule has 4 aromatic rings. The summed E-state index contributed by atoms with van der Waals surface area (Å²) in [4.78, 5) is 12.2. The summed E-state index contributed by atoms with van der Waals surface area (Å²) >= 11 is 0. The van der Waals surface area contributed by atoms with Crippen LogP contribution in [0.3, 0.4) is 0 Å². The largest absolute Gasteiger partial charge is 0.352 e. The number of fused-ring (bicyclic) bond motifs is 1. The van der Waals surface area contributed by atoms with Crippen LogP contribution in [0.2, 0.25) is 0 Å². The van der Waals surface area contributed by atoms with Gasteiger partial charge in [-0.2, -0.15) is 5.10 Å². The van der Waals surface area contributed by atoms with E-state index < -0.39 is 0 Å². The number of nitrogens with one attached hydrogen (secondary N) is 1. The summed E-state index contributed by atoms with van der Waals surface area (Å²) in [7, 11) is 0. The van der Waals surface area contributed by atoms with Crippen LogP contribution in [-0.2, 0) is 17.8 Å². The van der Waals surface area contributed by atoms with E-state index in [9.17, 15) is 4.79 Å². The van der Waals surface area contributed by atoms with E-state index in [4.69, 9.17) is 0 Å². The molecule has 4 nitrogen and oxygen atoms in total. The highest BCUT2D eigenvalue weighted by molar-refractivity contribution is 5.83. The standard InChI is InChI=1S/C22H19N3O/c26-22(13-18-15-24-25(16-18)21-8-2-1-3-9-21)23-14-17-10-11-19-6-4-5-7-20(19)12-17/h1-12,15-16H,13-14H2,(H,23,26). The van der Waals surface area contributed by atoms with Crippen LogP contribution >= 0.6 is 0 Å². The van der Waals surface area contributed by atoms with E-state index in [0.717, 1.165) is 16.8 Å². The fourth-order valence-electron chi connectivity index (χ4n) is 2.97. The van der Waals surface area contributed by atoms with E-state index in [0.29, 0.717) is 13.0 Å². The molecule has 26 heavy (non-hydrogen) atoms. The van der Waals surface area contributed by atoms with Crippen molar-refractivity contribution >= 4 is 16.7 Å². The average molecular weight is 341 g/mol. The number of carbonyl (C=O) groups is 1. The second-order valence-corrected chi connectivity index (χ2v) is 6.26. The normalized spacial score (nSPS) is 10.8. The minimum atomic E-state index is -0.00855. The minimum Gasteiger partial charge on any atom is -0.352 e. The van der Waals surface area contributed by atoms with Crippen LogP contribution in [-0.4, -0.2) is 15.7 Å². The summed E-state index contributed by atoms with van der Waals surface area (Å²) in [6, 6.07) is 24.3. The Bertz CT molecular complexity index is 1040. The van der Waals surface area contributed by atoms with Gasteiger partial charge in [0.1, 0.15) is 0 Å². The van der Waals surface area contributed by atoms with Crippen molar-refractivity contribution in [3.8, 4) is 5.69 Å². The van der Waals surface area contributed by atoms with Gasteiger partial charge in [-0.25, -0.2) is 4.68 Å². The summed E-state index contributed by atoms with van der Waals surface area (Å²) in [5.74, 6) is -0.00855. The quantitative estimate of drug-likeness (QED) is 0.599. The molecule has 0 aliphatic heterocycles. The van der Waals surface area contributed by atoms with Crippen LogP contribution in [0.4, 0.5) is 0 Å². The monoisotopic (exact) mass is 341 g/mol. The summed E-state index contributed by atoms with van der Waals surface area (Å²) in [5, 5.41) is 9.70. The van der Waals surface area contributed by atoms with Gasteiger partial charge < -0.3 is 5.32 Å². The third kappa shape index (κ3) is 3.64. The van der Waals surface area contributed by atoms with Crippen molar-refractivity contribution in [2.75, 3.05) is 0 Å². The number of carbonyl (C=O) groups excluding carboxylic acids is 1. The van der Waals surface area contributed by atoms with Crippen molar-refractivity contribution in [1.29, 1.82) is 0 Å². The summed E-state index contributed by atoms with van der Waals surface area (Å²) in [6.07, 6.45) is 3.95. The van der Waals surface area contributed by atoms with E-state index in [1.165, 1.54) is 10.8 Å². The molecule has 0 atom stereocenters. The SMILES string of the molecule is O=C(Cc1cnn(-c2ccccc2)c1)NCc1ccc2ccccc2c1. The fraction of sp³-hybridized carbons (Fsp3) is 0.0909. The molecule has 0 saturated heterocycles. The van der Waals surface area contributed by atoms with Crippen LogP contribution < -0.4 is 5.32 Å². The molecule has 0 radical (unpaired) electrons. The van der Waals surface area contributed by atoms with Crippen LogP contribution in [0.15, 0.2) is 85.2 Å². The number of hydrogen-bond acceptors (Lipinski definition) is 2. The smallest absolute Gasteiger partial charge is 0.224 e. The molecule has 4 rings (SSSR count). The molecule has 0 aliphatic carbocycles. The first-order chi connectivity index (χ1) is 12.8. The average Bonchev–Trinajstić information content (AvgIpc) is 3.15. The number of benzene rings is 3. The van der Waals surface area contributed by atoms with Crippen molar-refractivity contribution in [1.82, 2.24) is 15.1 Å². The van der Waals surface area contributed by atoms with Crippen molar-refractivity contribution < 1.29 is 4.79 Å². The zero-order chi connectivity index (χ0) is 17.8. The molecule has 0 saturated carbocycles. The lowest BCUT2D eigenvalue weighted by molar-refractivity contribution is -0.120. The highest BCUT2D eigenvalue weighted by Crippen LogP contribution is 2.15. The molecular weight excluding hydrogens is 322 g/mol. The van der Waals surface area contributed by atoms with Gasteiger partial charge in [0, 0.05) is 12.7 Å². The van der Waals surface area contributed by atoms with Crippen molar-refractivity contribution in [2.24, 2.45) is 0 Å². The first-order valence-corrected chi connectivity index (χ1v) is 8.61. The van der Waals surface area contributed by atoms with Crippen molar-refractivity contribution in [3.05, 3.63) is 96.3 Å². The molecule has 0 aliphatic rings. The van der Waals surface area contributed by atoms with Crippen LogP contribution in [0, 0.1) is 0 Å². The van der Waals surface area contributed by atoms with Crippen molar-refractivity contribution in [2.45, 2.75) is 13.0 Å². The van der Waals surface area contributed by atoms with Gasteiger partial charge in [-0.05, 0) is 40.1 Å². The lowest BCUT2D eigenvalue weighted by Crippen LogP contribution is -2.24. The lowest BCUT2D eigenvalue weighted by Gasteiger charge is -2.06. The Morgan fingerprint density at radius 3 is 2.50 bits per heavy atom. The minimum absolute atomic E-state index is 0.00855. The first-order valence-electron chi connectivity index (χ1n) is 8.61. The lowest BCUT2D eigenvalue weighted by atomic mass is 10.1. The van der Waals surface area contributed by atoms with Gasteiger partial charge in [0.2, 0.25) is 5.91 Å². The molecule has 0 bridgehead atoms. The number of amides is 1. The number of para-hydroxylation sites is 1. The van der Waals surface area contributed by atoms with Gasteiger partial charge in [-0.1, -0.05) is 54.6 Å². The summed E-state index contributed by atoms with van der Waals surface area (Å²) in [6.45, 7) is 0.524. The second kappa shape index (κ2) is 7.23. The second-order valence-electron chi connectivity index (χ2n) is 6.26. The molecule has 1 aromatic heterocycles. The molecule has 1 amide bonds. The highest BCUT2D eigenvalue weighted by Gasteiger charge is 2.07. The predicted octanol–water partition coefficient (Wildman–Crippen LogP) is 3.88. The van der Waals surface area contributed by atoms with Gasteiger partial charge in [-0.3, -0.25) is 4.79 Å². The maximum absolute atomic E-state index is 12.2. The topological polar surface area (TPSA) is 46.9 Å². The van der Waals surface area contributed by atoms with E-state index in [1.54, 1.807) is 10.9 Å². The Labute approximate surface area is 152 Å². The molecule has 4 heteroatoms. The Morgan fingerprint density at radius 1 is 0.885 bits per heavy atom. The molecular formula is C22H19N3O. The third-order valence-electron chi connectivity index (χ3n) is 4.33.